The molecule has 4 fully saturated rings. The van der Waals surface area contributed by atoms with Gasteiger partial charge in [0.25, 0.3) is 0 Å². The fourth-order valence-corrected chi connectivity index (χ4v) is 7.95. The summed E-state index contributed by atoms with van der Waals surface area (Å²) in [5.41, 5.74) is -2.14. The average molecular weight is 366 g/mol. The lowest BCUT2D eigenvalue weighted by Gasteiger charge is -2.62. The van der Waals surface area contributed by atoms with E-state index in [1.54, 1.807) is 0 Å². The molecular weight excluding hydrogens is 332 g/mol. The van der Waals surface area contributed by atoms with Crippen molar-refractivity contribution in [2.24, 2.45) is 34.5 Å². The number of carbonyl (C=O) groups is 1. The zero-order valence-corrected chi connectivity index (χ0v) is 16.0. The van der Waals surface area contributed by atoms with Gasteiger partial charge in [0.2, 0.25) is 0 Å². The van der Waals surface area contributed by atoms with Gasteiger partial charge in [0, 0.05) is 5.41 Å². The average Bonchev–Trinajstić information content (AvgIpc) is 2.86. The lowest BCUT2D eigenvalue weighted by molar-refractivity contribution is -0.202. The molecular formula is C21H34O5. The predicted molar refractivity (Wildman–Crippen MR) is 96.2 cm³/mol. The van der Waals surface area contributed by atoms with Crippen molar-refractivity contribution in [2.45, 2.75) is 83.0 Å². The van der Waals surface area contributed by atoms with Crippen LogP contribution >= 0.6 is 0 Å². The largest absolute Gasteiger partial charge is 0.393 e. The van der Waals surface area contributed by atoms with Crippen molar-refractivity contribution in [3.8, 4) is 0 Å². The minimum atomic E-state index is -1.52. The van der Waals surface area contributed by atoms with Crippen molar-refractivity contribution in [1.29, 1.82) is 0 Å². The van der Waals surface area contributed by atoms with Gasteiger partial charge in [-0.1, -0.05) is 13.8 Å². The van der Waals surface area contributed by atoms with Gasteiger partial charge < -0.3 is 20.4 Å². The Kier molecular flexibility index (Phi) is 4.35. The van der Waals surface area contributed by atoms with Gasteiger partial charge in [-0.2, -0.15) is 0 Å². The molecule has 0 aromatic rings. The lowest BCUT2D eigenvalue weighted by atomic mass is 9.43. The fourth-order valence-electron chi connectivity index (χ4n) is 7.95. The molecule has 4 rings (SSSR count). The highest BCUT2D eigenvalue weighted by atomic mass is 16.3. The van der Waals surface area contributed by atoms with Crippen molar-refractivity contribution < 1.29 is 25.2 Å². The van der Waals surface area contributed by atoms with Gasteiger partial charge in [0.1, 0.15) is 12.2 Å². The normalized spacial score (nSPS) is 56.4. The second-order valence-corrected chi connectivity index (χ2v) is 10.2. The minimum Gasteiger partial charge on any atom is -0.393 e. The molecule has 0 unspecified atom stereocenters. The zero-order valence-electron chi connectivity index (χ0n) is 16.0. The van der Waals surface area contributed by atoms with Crippen LogP contribution < -0.4 is 0 Å². The van der Waals surface area contributed by atoms with Crippen LogP contribution in [-0.2, 0) is 4.79 Å². The molecule has 9 atom stereocenters. The number of ketones is 1. The molecule has 0 amide bonds. The molecule has 4 aliphatic rings. The van der Waals surface area contributed by atoms with Gasteiger partial charge in [-0.05, 0) is 80.5 Å². The van der Waals surface area contributed by atoms with Gasteiger partial charge in [0.05, 0.1) is 12.2 Å². The van der Waals surface area contributed by atoms with E-state index in [9.17, 15) is 25.2 Å². The first kappa shape index (κ1) is 18.9. The van der Waals surface area contributed by atoms with Gasteiger partial charge in [-0.15, -0.1) is 0 Å². The molecule has 4 aliphatic carbocycles. The SMILES string of the molecule is C[C@]12CC[C@@H](O)C[C@H]1CC[C@@H]1[C@@H]2[C@@H](O)C[C@@]2(C)[C@H]1CC[C@]2(O)C(=O)CO. The summed E-state index contributed by atoms with van der Waals surface area (Å²) in [5, 5.41) is 41.9. The monoisotopic (exact) mass is 366 g/mol. The molecule has 148 valence electrons. The third-order valence-electron chi connectivity index (χ3n) is 9.33. The van der Waals surface area contributed by atoms with Crippen LogP contribution in [0.1, 0.15) is 65.2 Å². The maximum Gasteiger partial charge on any atom is 0.190 e. The number of carbonyl (C=O) groups excluding carboxylic acids is 1. The summed E-state index contributed by atoms with van der Waals surface area (Å²) in [6.07, 6.45) is 5.48. The van der Waals surface area contributed by atoms with E-state index in [1.807, 2.05) is 6.92 Å². The first-order chi connectivity index (χ1) is 12.2. The molecule has 5 heteroatoms. The standard InChI is InChI=1S/C21H34O5/c1-19-7-5-13(23)9-12(19)3-4-14-15-6-8-21(26,17(25)11-22)20(15,2)10-16(24)18(14)19/h12-16,18,22-24,26H,3-11H2,1-2H3/t12-,13-,14+,15+,16+,18-,19+,20+,21+/m1/s1. The van der Waals surface area contributed by atoms with Crippen molar-refractivity contribution in [1.82, 2.24) is 0 Å². The van der Waals surface area contributed by atoms with Crippen molar-refractivity contribution in [2.75, 3.05) is 6.61 Å². The van der Waals surface area contributed by atoms with E-state index >= 15 is 0 Å². The Labute approximate surface area is 155 Å². The Morgan fingerprint density at radius 3 is 2.50 bits per heavy atom. The first-order valence-electron chi connectivity index (χ1n) is 10.4. The summed E-state index contributed by atoms with van der Waals surface area (Å²) in [5.74, 6) is 0.653. The molecule has 4 N–H and O–H groups in total. The van der Waals surface area contributed by atoms with Gasteiger partial charge in [-0.25, -0.2) is 0 Å². The minimum absolute atomic E-state index is 0.0323. The molecule has 26 heavy (non-hydrogen) atoms. The summed E-state index contributed by atoms with van der Waals surface area (Å²) in [4.78, 5) is 12.4. The van der Waals surface area contributed by atoms with E-state index in [4.69, 9.17) is 0 Å². The number of hydrogen-bond donors (Lipinski definition) is 4. The van der Waals surface area contributed by atoms with E-state index in [1.165, 1.54) is 0 Å². The van der Waals surface area contributed by atoms with Crippen LogP contribution in [0.5, 0.6) is 0 Å². The predicted octanol–water partition coefficient (Wildman–Crippen LogP) is 1.65. The molecule has 0 aromatic heterocycles. The van der Waals surface area contributed by atoms with Gasteiger partial charge >= 0.3 is 0 Å². The molecule has 0 aliphatic heterocycles. The number of fused-ring (bicyclic) bond motifs is 5. The Balaban J connectivity index is 1.69. The number of hydrogen-bond acceptors (Lipinski definition) is 5. The Bertz CT molecular complexity index is 593. The third-order valence-corrected chi connectivity index (χ3v) is 9.33. The van der Waals surface area contributed by atoms with Crippen LogP contribution in [0.4, 0.5) is 0 Å². The maximum atomic E-state index is 12.4. The van der Waals surface area contributed by atoms with E-state index in [-0.39, 0.29) is 23.4 Å². The molecule has 0 aromatic carbocycles. The highest BCUT2D eigenvalue weighted by Crippen LogP contribution is 2.68. The van der Waals surface area contributed by atoms with Crippen LogP contribution in [-0.4, -0.2) is 50.6 Å². The number of Topliss-reactive ketones (excluding diaryl/α,β-unsaturated/α-hetero) is 1. The van der Waals surface area contributed by atoms with Crippen LogP contribution in [0.25, 0.3) is 0 Å². The summed E-state index contributed by atoms with van der Waals surface area (Å²) in [6.45, 7) is 3.61. The van der Waals surface area contributed by atoms with Crippen molar-refractivity contribution in [3.63, 3.8) is 0 Å². The number of aliphatic hydroxyl groups excluding tert-OH is 3. The Hall–Kier alpha value is -0.490. The van der Waals surface area contributed by atoms with E-state index < -0.39 is 29.5 Å². The number of rotatable bonds is 2. The Morgan fingerprint density at radius 2 is 1.81 bits per heavy atom. The molecule has 0 bridgehead atoms. The van der Waals surface area contributed by atoms with Gasteiger partial charge in [0.15, 0.2) is 5.78 Å². The second-order valence-electron chi connectivity index (χ2n) is 10.2. The van der Waals surface area contributed by atoms with Crippen LogP contribution in [0, 0.1) is 34.5 Å². The zero-order chi connectivity index (χ0) is 18.9. The smallest absolute Gasteiger partial charge is 0.190 e. The molecule has 0 radical (unpaired) electrons. The van der Waals surface area contributed by atoms with E-state index in [2.05, 4.69) is 6.92 Å². The molecule has 0 heterocycles. The summed E-state index contributed by atoms with van der Waals surface area (Å²) in [6, 6.07) is 0. The van der Waals surface area contributed by atoms with E-state index in [0.29, 0.717) is 24.7 Å². The molecule has 0 saturated heterocycles. The van der Waals surface area contributed by atoms with Crippen molar-refractivity contribution in [3.05, 3.63) is 0 Å². The van der Waals surface area contributed by atoms with Crippen LogP contribution in [0.2, 0.25) is 0 Å². The summed E-state index contributed by atoms with van der Waals surface area (Å²) in [7, 11) is 0. The lowest BCUT2D eigenvalue weighted by Crippen LogP contribution is -2.63. The van der Waals surface area contributed by atoms with Crippen molar-refractivity contribution >= 4 is 5.78 Å². The Morgan fingerprint density at radius 1 is 1.08 bits per heavy atom. The first-order valence-corrected chi connectivity index (χ1v) is 10.4. The van der Waals surface area contributed by atoms with Crippen LogP contribution in [0.15, 0.2) is 0 Å². The second kappa shape index (κ2) is 6.00. The van der Waals surface area contributed by atoms with Crippen LogP contribution in [0.3, 0.4) is 0 Å². The summed E-state index contributed by atoms with van der Waals surface area (Å²) >= 11 is 0. The summed E-state index contributed by atoms with van der Waals surface area (Å²) < 4.78 is 0. The molecule has 5 nitrogen and oxygen atoms in total. The maximum absolute atomic E-state index is 12.4. The van der Waals surface area contributed by atoms with Gasteiger partial charge in [-0.3, -0.25) is 4.79 Å². The topological polar surface area (TPSA) is 98.0 Å². The number of aliphatic hydroxyl groups is 4. The molecule has 0 spiro atoms. The quantitative estimate of drug-likeness (QED) is 0.596. The van der Waals surface area contributed by atoms with E-state index in [0.717, 1.165) is 38.5 Å². The fraction of sp³-hybridized carbons (Fsp3) is 0.952. The molecule has 4 saturated carbocycles. The highest BCUT2D eigenvalue weighted by Gasteiger charge is 2.68. The highest BCUT2D eigenvalue weighted by molar-refractivity contribution is 5.89. The third kappa shape index (κ3) is 2.27.